The molecule has 1 unspecified atom stereocenters. The minimum Gasteiger partial charge on any atom is -0.489 e. The van der Waals surface area contributed by atoms with Gasteiger partial charge in [-0.25, -0.2) is 0 Å². The Morgan fingerprint density at radius 1 is 1.29 bits per heavy atom. The molecule has 1 aliphatic heterocycles. The van der Waals surface area contributed by atoms with Crippen LogP contribution in [0.4, 0.5) is 0 Å². The van der Waals surface area contributed by atoms with Gasteiger partial charge in [0, 0.05) is 22.9 Å². The number of hydrogen-bond acceptors (Lipinski definition) is 6. The molecule has 0 spiro atoms. The van der Waals surface area contributed by atoms with Crippen LogP contribution in [-0.4, -0.2) is 37.6 Å². The Bertz CT molecular complexity index is 1070. The quantitative estimate of drug-likeness (QED) is 0.292. The lowest BCUT2D eigenvalue weighted by atomic mass is 9.94. The van der Waals surface area contributed by atoms with E-state index in [1.54, 1.807) is 25.3 Å². The summed E-state index contributed by atoms with van der Waals surface area (Å²) in [5.41, 5.74) is 7.19. The monoisotopic (exact) mass is 421 g/mol. The molecule has 4 N–H and O–H groups in total. The molecular formula is C24H27N3O4. The molecule has 0 bridgehead atoms. The number of benzene rings is 2. The summed E-state index contributed by atoms with van der Waals surface area (Å²) in [7, 11) is 0. The second kappa shape index (κ2) is 9.22. The number of carbonyl (C=O) groups is 1. The number of nitrogens with two attached hydrogens (primary N) is 1. The number of furan rings is 1. The maximum Gasteiger partial charge on any atom is 0.317 e. The first-order chi connectivity index (χ1) is 15.0. The molecule has 31 heavy (non-hydrogen) atoms. The van der Waals surface area contributed by atoms with Crippen LogP contribution in [0.2, 0.25) is 0 Å². The van der Waals surface area contributed by atoms with Gasteiger partial charge >= 0.3 is 5.97 Å². The third kappa shape index (κ3) is 4.72. The van der Waals surface area contributed by atoms with Crippen molar-refractivity contribution in [3.8, 4) is 5.75 Å². The standard InChI is InChI=1S/C24H27N3O4/c1-2-29-24(28)21(22-20-8-5-16(23(25)26)12-17(20)14-30-22)11-15-3-6-18(7-4-15)31-19-9-10-27-13-19/h3-8,12,14,19,21,27H,2,9-11,13H2,1H3,(H3,25,26)/t19-,21?/m0/s1. The maximum absolute atomic E-state index is 12.8. The summed E-state index contributed by atoms with van der Waals surface area (Å²) in [6, 6.07) is 13.2. The largest absolute Gasteiger partial charge is 0.489 e. The van der Waals surface area contributed by atoms with E-state index in [0.29, 0.717) is 24.4 Å². The molecule has 1 aliphatic rings. The Morgan fingerprint density at radius 2 is 2.10 bits per heavy atom. The van der Waals surface area contributed by atoms with E-state index >= 15 is 0 Å². The minimum atomic E-state index is -0.577. The van der Waals surface area contributed by atoms with Crippen molar-refractivity contribution in [2.45, 2.75) is 31.8 Å². The van der Waals surface area contributed by atoms with Gasteiger partial charge in [0.15, 0.2) is 0 Å². The van der Waals surface area contributed by atoms with Crippen molar-refractivity contribution >= 4 is 22.6 Å². The number of nitrogens with one attached hydrogen (secondary N) is 2. The highest BCUT2D eigenvalue weighted by Crippen LogP contribution is 2.32. The van der Waals surface area contributed by atoms with Crippen LogP contribution in [0.25, 0.3) is 10.8 Å². The van der Waals surface area contributed by atoms with E-state index in [9.17, 15) is 4.79 Å². The smallest absolute Gasteiger partial charge is 0.317 e. The molecule has 1 saturated heterocycles. The molecule has 2 aromatic carbocycles. The van der Waals surface area contributed by atoms with Gasteiger partial charge in [-0.05, 0) is 50.1 Å². The van der Waals surface area contributed by atoms with E-state index in [2.05, 4.69) is 5.32 Å². The summed E-state index contributed by atoms with van der Waals surface area (Å²) in [6.45, 7) is 3.93. The molecule has 2 heterocycles. The summed E-state index contributed by atoms with van der Waals surface area (Å²) in [5.74, 6) is 0.465. The highest BCUT2D eigenvalue weighted by atomic mass is 16.5. The summed E-state index contributed by atoms with van der Waals surface area (Å²) in [5, 5.41) is 12.5. The van der Waals surface area contributed by atoms with Gasteiger partial charge < -0.3 is 24.9 Å². The van der Waals surface area contributed by atoms with Crippen LogP contribution in [0.5, 0.6) is 5.75 Å². The molecule has 0 amide bonds. The zero-order chi connectivity index (χ0) is 21.8. The van der Waals surface area contributed by atoms with Crippen molar-refractivity contribution in [3.05, 3.63) is 65.6 Å². The van der Waals surface area contributed by atoms with E-state index < -0.39 is 5.92 Å². The first kappa shape index (κ1) is 20.9. The molecule has 7 heteroatoms. The van der Waals surface area contributed by atoms with Crippen molar-refractivity contribution in [1.82, 2.24) is 5.32 Å². The van der Waals surface area contributed by atoms with Gasteiger partial charge in [-0.3, -0.25) is 10.2 Å². The first-order valence-corrected chi connectivity index (χ1v) is 10.5. The van der Waals surface area contributed by atoms with Gasteiger partial charge in [-0.1, -0.05) is 24.3 Å². The van der Waals surface area contributed by atoms with E-state index in [0.717, 1.165) is 41.6 Å². The molecule has 0 saturated carbocycles. The summed E-state index contributed by atoms with van der Waals surface area (Å²) in [6.07, 6.45) is 3.24. The lowest BCUT2D eigenvalue weighted by molar-refractivity contribution is -0.145. The zero-order valence-corrected chi connectivity index (χ0v) is 17.5. The van der Waals surface area contributed by atoms with Crippen molar-refractivity contribution in [1.29, 1.82) is 5.41 Å². The van der Waals surface area contributed by atoms with E-state index in [-0.39, 0.29) is 17.9 Å². The lowest BCUT2D eigenvalue weighted by Crippen LogP contribution is -2.19. The summed E-state index contributed by atoms with van der Waals surface area (Å²) < 4.78 is 17.1. The molecule has 4 rings (SSSR count). The fourth-order valence-electron chi connectivity index (χ4n) is 3.90. The van der Waals surface area contributed by atoms with Crippen LogP contribution in [0, 0.1) is 5.41 Å². The predicted molar refractivity (Wildman–Crippen MR) is 119 cm³/mol. The number of ether oxygens (including phenoxy) is 2. The molecule has 7 nitrogen and oxygen atoms in total. The molecule has 1 aromatic heterocycles. The zero-order valence-electron chi connectivity index (χ0n) is 17.5. The molecule has 3 aromatic rings. The van der Waals surface area contributed by atoms with Crippen LogP contribution in [0.3, 0.4) is 0 Å². The molecule has 2 atom stereocenters. The normalized spacial score (nSPS) is 16.9. The fourth-order valence-corrected chi connectivity index (χ4v) is 3.90. The summed E-state index contributed by atoms with van der Waals surface area (Å²) in [4.78, 5) is 12.8. The number of hydrogen-bond donors (Lipinski definition) is 3. The van der Waals surface area contributed by atoms with Gasteiger partial charge in [0.1, 0.15) is 29.4 Å². The highest BCUT2D eigenvalue weighted by molar-refractivity contribution is 6.00. The predicted octanol–water partition coefficient (Wildman–Crippen LogP) is 3.35. The van der Waals surface area contributed by atoms with Crippen molar-refractivity contribution in [2.24, 2.45) is 5.73 Å². The second-order valence-electron chi connectivity index (χ2n) is 7.70. The Balaban J connectivity index is 1.58. The third-order valence-electron chi connectivity index (χ3n) is 5.51. The van der Waals surface area contributed by atoms with Gasteiger partial charge in [0.05, 0.1) is 12.9 Å². The Hall–Kier alpha value is -3.32. The Labute approximate surface area is 181 Å². The van der Waals surface area contributed by atoms with Crippen molar-refractivity contribution in [3.63, 3.8) is 0 Å². The molecule has 0 aliphatic carbocycles. The van der Waals surface area contributed by atoms with Crippen molar-refractivity contribution < 1.29 is 18.7 Å². The van der Waals surface area contributed by atoms with E-state index in [1.807, 2.05) is 30.3 Å². The van der Waals surface area contributed by atoms with E-state index in [4.69, 9.17) is 25.0 Å². The number of amidine groups is 1. The molecule has 162 valence electrons. The van der Waals surface area contributed by atoms with Crippen LogP contribution >= 0.6 is 0 Å². The van der Waals surface area contributed by atoms with Gasteiger partial charge in [-0.2, -0.15) is 0 Å². The summed E-state index contributed by atoms with van der Waals surface area (Å²) >= 11 is 0. The first-order valence-electron chi connectivity index (χ1n) is 10.5. The minimum absolute atomic E-state index is 0.0118. The number of carbonyl (C=O) groups excluding carboxylic acids is 1. The van der Waals surface area contributed by atoms with Crippen LogP contribution in [-0.2, 0) is 16.0 Å². The average molecular weight is 421 g/mol. The SMILES string of the molecule is CCOC(=O)C(Cc1ccc(O[C@H]2CCNC2)cc1)c1occ2cc(C(=N)N)ccc12. The Kier molecular flexibility index (Phi) is 6.23. The van der Waals surface area contributed by atoms with E-state index in [1.165, 1.54) is 0 Å². The van der Waals surface area contributed by atoms with Crippen LogP contribution < -0.4 is 15.8 Å². The molecule has 0 radical (unpaired) electrons. The number of rotatable bonds is 8. The second-order valence-corrected chi connectivity index (χ2v) is 7.70. The van der Waals surface area contributed by atoms with Crippen LogP contribution in [0.1, 0.15) is 36.1 Å². The van der Waals surface area contributed by atoms with Gasteiger partial charge in [0.25, 0.3) is 0 Å². The van der Waals surface area contributed by atoms with Gasteiger partial charge in [0.2, 0.25) is 0 Å². The van der Waals surface area contributed by atoms with Crippen LogP contribution in [0.15, 0.2) is 53.1 Å². The number of nitrogen functional groups attached to an aromatic ring is 1. The average Bonchev–Trinajstić information content (AvgIpc) is 3.42. The molecule has 1 fully saturated rings. The third-order valence-corrected chi connectivity index (χ3v) is 5.51. The number of esters is 1. The van der Waals surface area contributed by atoms with Gasteiger partial charge in [-0.15, -0.1) is 0 Å². The fraction of sp³-hybridized carbons (Fsp3) is 0.333. The lowest BCUT2D eigenvalue weighted by Gasteiger charge is -2.16. The molecular weight excluding hydrogens is 394 g/mol. The highest BCUT2D eigenvalue weighted by Gasteiger charge is 2.28. The topological polar surface area (TPSA) is 111 Å². The van der Waals surface area contributed by atoms with Crippen molar-refractivity contribution in [2.75, 3.05) is 19.7 Å². The number of fused-ring (bicyclic) bond motifs is 1. The maximum atomic E-state index is 12.8. The Morgan fingerprint density at radius 3 is 2.77 bits per heavy atom.